The monoisotopic (exact) mass is 408 g/mol. The summed E-state index contributed by atoms with van der Waals surface area (Å²) in [6, 6.07) is 10.6. The zero-order valence-electron chi connectivity index (χ0n) is 16.4. The van der Waals surface area contributed by atoms with E-state index >= 15 is 0 Å². The lowest BCUT2D eigenvalue weighted by molar-refractivity contribution is 0.0999. The fraction of sp³-hybridized carbons (Fsp3) is 0.238. The van der Waals surface area contributed by atoms with E-state index in [9.17, 15) is 14.0 Å². The molecule has 4 N–H and O–H groups in total. The number of nitrogens with one attached hydrogen (secondary N) is 2. The van der Waals surface area contributed by atoms with Gasteiger partial charge >= 0.3 is 6.03 Å². The quantitative estimate of drug-likeness (QED) is 0.615. The molecular formula is C21H21FN6O2. The summed E-state index contributed by atoms with van der Waals surface area (Å²) in [5, 5.41) is 14.1. The van der Waals surface area contributed by atoms with Gasteiger partial charge in [0.1, 0.15) is 11.6 Å². The number of hydrogen-bond acceptors (Lipinski definition) is 4. The predicted molar refractivity (Wildman–Crippen MR) is 109 cm³/mol. The second kappa shape index (κ2) is 7.94. The fourth-order valence-corrected chi connectivity index (χ4v) is 3.58. The van der Waals surface area contributed by atoms with Crippen molar-refractivity contribution in [2.75, 3.05) is 5.32 Å². The van der Waals surface area contributed by atoms with Gasteiger partial charge in [-0.1, -0.05) is 6.07 Å². The van der Waals surface area contributed by atoms with Gasteiger partial charge < -0.3 is 20.9 Å². The maximum absolute atomic E-state index is 13.2. The molecule has 0 fully saturated rings. The van der Waals surface area contributed by atoms with Crippen LogP contribution in [0.4, 0.5) is 14.9 Å². The minimum absolute atomic E-state index is 0.131. The highest BCUT2D eigenvalue weighted by Gasteiger charge is 2.24. The number of nitrogens with zero attached hydrogens (tertiary/aromatic N) is 3. The van der Waals surface area contributed by atoms with Gasteiger partial charge in [-0.05, 0) is 55.3 Å². The van der Waals surface area contributed by atoms with Crippen molar-refractivity contribution in [2.45, 2.75) is 32.4 Å². The first-order chi connectivity index (χ1) is 14.4. The van der Waals surface area contributed by atoms with E-state index in [1.54, 1.807) is 37.3 Å². The molecule has 2 heterocycles. The SMILES string of the molecule is Cc1ccc(NC(=O)N[C@H]2CCc3nnc(-c4ccc(F)cc4)n3C2)cc1C(N)=O. The van der Waals surface area contributed by atoms with Crippen LogP contribution in [0.15, 0.2) is 42.5 Å². The number of benzene rings is 2. The van der Waals surface area contributed by atoms with Crippen molar-refractivity contribution < 1.29 is 14.0 Å². The maximum atomic E-state index is 13.2. The number of aromatic nitrogens is 3. The average molecular weight is 408 g/mol. The van der Waals surface area contributed by atoms with Gasteiger partial charge in [-0.3, -0.25) is 4.79 Å². The number of nitrogens with two attached hydrogens (primary N) is 1. The highest BCUT2D eigenvalue weighted by atomic mass is 19.1. The van der Waals surface area contributed by atoms with Crippen molar-refractivity contribution in [1.29, 1.82) is 0 Å². The molecule has 2 aromatic carbocycles. The summed E-state index contributed by atoms with van der Waals surface area (Å²) in [6.45, 7) is 2.28. The van der Waals surface area contributed by atoms with Crippen molar-refractivity contribution in [1.82, 2.24) is 20.1 Å². The van der Waals surface area contributed by atoms with E-state index in [0.717, 1.165) is 23.4 Å². The van der Waals surface area contributed by atoms with Gasteiger partial charge in [0.15, 0.2) is 5.82 Å². The van der Waals surface area contributed by atoms with Crippen LogP contribution in [0.25, 0.3) is 11.4 Å². The molecule has 0 saturated carbocycles. The maximum Gasteiger partial charge on any atom is 0.319 e. The van der Waals surface area contributed by atoms with Crippen LogP contribution >= 0.6 is 0 Å². The molecule has 1 atom stereocenters. The predicted octanol–water partition coefficient (Wildman–Crippen LogP) is 2.63. The van der Waals surface area contributed by atoms with Gasteiger partial charge in [-0.15, -0.1) is 10.2 Å². The number of halogens is 1. The Hall–Kier alpha value is -3.75. The lowest BCUT2D eigenvalue weighted by Gasteiger charge is -2.25. The van der Waals surface area contributed by atoms with Gasteiger partial charge in [-0.2, -0.15) is 0 Å². The van der Waals surface area contributed by atoms with Crippen LogP contribution in [-0.2, 0) is 13.0 Å². The summed E-state index contributed by atoms with van der Waals surface area (Å²) in [7, 11) is 0. The molecule has 30 heavy (non-hydrogen) atoms. The fourth-order valence-electron chi connectivity index (χ4n) is 3.58. The minimum atomic E-state index is -0.544. The van der Waals surface area contributed by atoms with E-state index in [-0.39, 0.29) is 17.9 Å². The first kappa shape index (κ1) is 19.6. The molecule has 1 aromatic heterocycles. The molecule has 0 spiro atoms. The molecule has 1 aliphatic heterocycles. The largest absolute Gasteiger partial charge is 0.366 e. The Morgan fingerprint density at radius 1 is 1.17 bits per heavy atom. The Morgan fingerprint density at radius 3 is 2.67 bits per heavy atom. The van der Waals surface area contributed by atoms with Crippen molar-refractivity contribution in [3.8, 4) is 11.4 Å². The number of amides is 3. The molecule has 0 bridgehead atoms. The topological polar surface area (TPSA) is 115 Å². The van der Waals surface area contributed by atoms with E-state index in [1.165, 1.54) is 12.1 Å². The number of rotatable bonds is 4. The average Bonchev–Trinajstić information content (AvgIpc) is 3.13. The molecule has 8 nitrogen and oxygen atoms in total. The van der Waals surface area contributed by atoms with Crippen LogP contribution in [-0.4, -0.2) is 32.7 Å². The molecule has 3 aromatic rings. The van der Waals surface area contributed by atoms with Crippen LogP contribution in [0.3, 0.4) is 0 Å². The zero-order chi connectivity index (χ0) is 21.3. The van der Waals surface area contributed by atoms with E-state index in [1.807, 2.05) is 4.57 Å². The van der Waals surface area contributed by atoms with Crippen molar-refractivity contribution in [2.24, 2.45) is 5.73 Å². The summed E-state index contributed by atoms with van der Waals surface area (Å²) in [5.41, 5.74) is 7.72. The van der Waals surface area contributed by atoms with E-state index in [0.29, 0.717) is 30.0 Å². The summed E-state index contributed by atoms with van der Waals surface area (Å²) < 4.78 is 15.2. The molecule has 0 saturated heterocycles. The van der Waals surface area contributed by atoms with Crippen LogP contribution in [0.5, 0.6) is 0 Å². The van der Waals surface area contributed by atoms with Crippen molar-refractivity contribution >= 4 is 17.6 Å². The molecule has 3 amide bonds. The number of hydrogen-bond donors (Lipinski definition) is 3. The number of fused-ring (bicyclic) bond motifs is 1. The molecule has 0 aliphatic carbocycles. The molecular weight excluding hydrogens is 387 g/mol. The second-order valence-corrected chi connectivity index (χ2v) is 7.29. The third kappa shape index (κ3) is 4.00. The smallest absolute Gasteiger partial charge is 0.319 e. The Bertz CT molecular complexity index is 1110. The van der Waals surface area contributed by atoms with Gasteiger partial charge in [0.2, 0.25) is 5.91 Å². The minimum Gasteiger partial charge on any atom is -0.366 e. The van der Waals surface area contributed by atoms with E-state index < -0.39 is 5.91 Å². The number of anilines is 1. The van der Waals surface area contributed by atoms with Crippen LogP contribution in [0, 0.1) is 12.7 Å². The first-order valence-corrected chi connectivity index (χ1v) is 9.56. The van der Waals surface area contributed by atoms with Gasteiger partial charge in [0, 0.05) is 35.8 Å². The van der Waals surface area contributed by atoms with Crippen molar-refractivity contribution in [3.05, 3.63) is 65.2 Å². The Kier molecular flexibility index (Phi) is 5.18. The number of carbonyl (C=O) groups excluding carboxylic acids is 2. The van der Waals surface area contributed by atoms with Crippen molar-refractivity contribution in [3.63, 3.8) is 0 Å². The first-order valence-electron chi connectivity index (χ1n) is 9.56. The van der Waals surface area contributed by atoms with E-state index in [2.05, 4.69) is 20.8 Å². The Labute approximate surface area is 172 Å². The lowest BCUT2D eigenvalue weighted by Crippen LogP contribution is -2.43. The summed E-state index contributed by atoms with van der Waals surface area (Å²) in [4.78, 5) is 24.0. The Morgan fingerprint density at radius 2 is 1.93 bits per heavy atom. The second-order valence-electron chi connectivity index (χ2n) is 7.29. The Balaban J connectivity index is 1.45. The third-order valence-electron chi connectivity index (χ3n) is 5.15. The normalized spacial score (nSPS) is 15.3. The molecule has 9 heteroatoms. The molecule has 0 radical (unpaired) electrons. The van der Waals surface area contributed by atoms with Crippen LogP contribution in [0.2, 0.25) is 0 Å². The molecule has 4 rings (SSSR count). The van der Waals surface area contributed by atoms with Gasteiger partial charge in [-0.25, -0.2) is 9.18 Å². The van der Waals surface area contributed by atoms with Gasteiger partial charge in [0.05, 0.1) is 0 Å². The zero-order valence-corrected chi connectivity index (χ0v) is 16.4. The molecule has 1 aliphatic rings. The lowest BCUT2D eigenvalue weighted by atomic mass is 10.1. The summed E-state index contributed by atoms with van der Waals surface area (Å²) in [6.07, 6.45) is 1.38. The van der Waals surface area contributed by atoms with Crippen LogP contribution < -0.4 is 16.4 Å². The number of primary amides is 1. The molecule has 0 unspecified atom stereocenters. The van der Waals surface area contributed by atoms with Crippen LogP contribution in [0.1, 0.15) is 28.2 Å². The standard InChI is InChI=1S/C21H21FN6O2/c1-12-2-7-15(10-17(12)19(23)29)24-21(30)25-16-8-9-18-26-27-20(28(18)11-16)13-3-5-14(22)6-4-13/h2-7,10,16H,8-9,11H2,1H3,(H2,23,29)(H2,24,25,30)/t16-/m0/s1. The van der Waals surface area contributed by atoms with E-state index in [4.69, 9.17) is 5.73 Å². The highest BCUT2D eigenvalue weighted by Crippen LogP contribution is 2.23. The highest BCUT2D eigenvalue weighted by molar-refractivity contribution is 5.97. The molecule has 154 valence electrons. The summed E-state index contributed by atoms with van der Waals surface area (Å²) in [5.74, 6) is 0.611. The number of carbonyl (C=O) groups is 2. The van der Waals surface area contributed by atoms with Gasteiger partial charge in [0.25, 0.3) is 0 Å². The third-order valence-corrected chi connectivity index (χ3v) is 5.15. The summed E-state index contributed by atoms with van der Waals surface area (Å²) >= 11 is 0. The number of aryl methyl sites for hydroxylation is 2. The number of urea groups is 1.